The molecule has 0 spiro atoms. The molecule has 1 aromatic carbocycles. The summed E-state index contributed by atoms with van der Waals surface area (Å²) in [6.07, 6.45) is 4.43. The van der Waals surface area contributed by atoms with Crippen molar-refractivity contribution in [2.75, 3.05) is 13.1 Å². The van der Waals surface area contributed by atoms with Crippen LogP contribution in [-0.2, 0) is 17.1 Å². The number of rotatable bonds is 4. The summed E-state index contributed by atoms with van der Waals surface area (Å²) >= 11 is 0. The van der Waals surface area contributed by atoms with Crippen LogP contribution >= 0.6 is 0 Å². The summed E-state index contributed by atoms with van der Waals surface area (Å²) in [5.74, 6) is 0.917. The first-order valence-corrected chi connectivity index (χ1v) is 10.2. The average Bonchev–Trinajstić information content (AvgIpc) is 3.16. The first-order valence-electron chi connectivity index (χ1n) is 8.79. The summed E-state index contributed by atoms with van der Waals surface area (Å²) < 4.78 is 28.3. The minimum absolute atomic E-state index is 0.114. The lowest BCUT2D eigenvalue weighted by molar-refractivity contribution is 0.311. The van der Waals surface area contributed by atoms with Gasteiger partial charge in [0.05, 0.1) is 11.9 Å². The van der Waals surface area contributed by atoms with Crippen molar-refractivity contribution < 1.29 is 8.42 Å². The van der Waals surface area contributed by atoms with E-state index in [4.69, 9.17) is 4.98 Å². The summed E-state index contributed by atoms with van der Waals surface area (Å²) in [5, 5.41) is 7.50. The average molecular weight is 384 g/mol. The molecule has 4 rings (SSSR count). The van der Waals surface area contributed by atoms with Gasteiger partial charge in [-0.1, -0.05) is 35.5 Å². The number of benzene rings is 1. The fourth-order valence-electron chi connectivity index (χ4n) is 3.34. The van der Waals surface area contributed by atoms with Gasteiger partial charge in [0.25, 0.3) is 10.0 Å². The smallest absolute Gasteiger partial charge is 0.241 e. The number of piperidine rings is 1. The number of aryl methyl sites for hydroxylation is 1. The first-order chi connectivity index (χ1) is 13.1. The van der Waals surface area contributed by atoms with Crippen molar-refractivity contribution in [3.8, 4) is 11.3 Å². The topological polar surface area (TPSA) is 93.9 Å². The van der Waals surface area contributed by atoms with Gasteiger partial charge in [0.1, 0.15) is 5.82 Å². The number of nitrogens with zero attached hydrogens (tertiary/aromatic N) is 6. The Bertz CT molecular complexity index is 1030. The molecule has 0 saturated carbocycles. The summed E-state index contributed by atoms with van der Waals surface area (Å²) in [6, 6.07) is 11.9. The third-order valence-electron chi connectivity index (χ3n) is 4.84. The molecule has 0 bridgehead atoms. The Morgan fingerprint density at radius 3 is 2.48 bits per heavy atom. The highest BCUT2D eigenvalue weighted by molar-refractivity contribution is 7.89. The zero-order valence-electron chi connectivity index (χ0n) is 14.9. The third-order valence-corrected chi connectivity index (χ3v) is 6.78. The molecule has 1 aliphatic rings. The molecule has 0 amide bonds. The van der Waals surface area contributed by atoms with E-state index in [2.05, 4.69) is 15.3 Å². The molecular formula is C18H20N6O2S. The van der Waals surface area contributed by atoms with Crippen LogP contribution in [0.15, 0.2) is 53.8 Å². The molecule has 140 valence electrons. The largest absolute Gasteiger partial charge is 0.261 e. The molecule has 1 aliphatic heterocycles. The van der Waals surface area contributed by atoms with Gasteiger partial charge in [-0.15, -0.1) is 5.10 Å². The van der Waals surface area contributed by atoms with E-state index < -0.39 is 10.0 Å². The molecule has 0 radical (unpaired) electrons. The number of hydrogen-bond donors (Lipinski definition) is 0. The Kier molecular flexibility index (Phi) is 4.71. The number of sulfonamides is 1. The lowest BCUT2D eigenvalue weighted by atomic mass is 9.97. The summed E-state index contributed by atoms with van der Waals surface area (Å²) in [7, 11) is -2.00. The van der Waals surface area contributed by atoms with E-state index in [9.17, 15) is 8.42 Å². The SMILES string of the molecule is Cn1nncc1S(=O)(=O)N1CCC(c2nccc(-c3ccccc3)n2)CC1. The van der Waals surface area contributed by atoms with Gasteiger partial charge >= 0.3 is 0 Å². The Hall–Kier alpha value is -2.65. The van der Waals surface area contributed by atoms with Crippen molar-refractivity contribution in [1.82, 2.24) is 29.3 Å². The lowest BCUT2D eigenvalue weighted by Gasteiger charge is -2.30. The summed E-state index contributed by atoms with van der Waals surface area (Å²) in [4.78, 5) is 9.15. The molecule has 8 nitrogen and oxygen atoms in total. The molecule has 3 heterocycles. The van der Waals surface area contributed by atoms with E-state index in [1.807, 2.05) is 36.4 Å². The Labute approximate surface area is 157 Å². The van der Waals surface area contributed by atoms with E-state index in [0.717, 1.165) is 17.1 Å². The van der Waals surface area contributed by atoms with E-state index in [0.29, 0.717) is 25.9 Å². The van der Waals surface area contributed by atoms with Gasteiger partial charge < -0.3 is 0 Å². The van der Waals surface area contributed by atoms with E-state index in [-0.39, 0.29) is 10.9 Å². The zero-order chi connectivity index (χ0) is 18.9. The second-order valence-electron chi connectivity index (χ2n) is 6.54. The molecular weight excluding hydrogens is 364 g/mol. The quantitative estimate of drug-likeness (QED) is 0.681. The van der Waals surface area contributed by atoms with Crippen LogP contribution in [0.4, 0.5) is 0 Å². The van der Waals surface area contributed by atoms with Crippen LogP contribution in [-0.4, -0.2) is 50.8 Å². The maximum absolute atomic E-state index is 12.7. The predicted molar refractivity (Wildman–Crippen MR) is 99.2 cm³/mol. The van der Waals surface area contributed by atoms with Crippen molar-refractivity contribution >= 4 is 10.0 Å². The number of hydrogen-bond acceptors (Lipinski definition) is 6. The Morgan fingerprint density at radius 1 is 1.07 bits per heavy atom. The van der Waals surface area contributed by atoms with Gasteiger partial charge in [0.15, 0.2) is 5.03 Å². The molecule has 0 unspecified atom stereocenters. The van der Waals surface area contributed by atoms with Gasteiger partial charge in [-0.2, -0.15) is 4.31 Å². The second kappa shape index (κ2) is 7.16. The number of aromatic nitrogens is 5. The fourth-order valence-corrected chi connectivity index (χ4v) is 4.85. The van der Waals surface area contributed by atoms with Gasteiger partial charge in [-0.3, -0.25) is 0 Å². The molecule has 0 N–H and O–H groups in total. The molecule has 1 fully saturated rings. The van der Waals surface area contributed by atoms with Gasteiger partial charge in [0.2, 0.25) is 0 Å². The monoisotopic (exact) mass is 384 g/mol. The lowest BCUT2D eigenvalue weighted by Crippen LogP contribution is -2.39. The predicted octanol–water partition coefficient (Wildman–Crippen LogP) is 1.84. The molecule has 27 heavy (non-hydrogen) atoms. The molecule has 9 heteroatoms. The zero-order valence-corrected chi connectivity index (χ0v) is 15.7. The van der Waals surface area contributed by atoms with Crippen LogP contribution in [0.5, 0.6) is 0 Å². The molecule has 2 aromatic heterocycles. The normalized spacial score (nSPS) is 16.5. The van der Waals surface area contributed by atoms with Gasteiger partial charge in [-0.05, 0) is 18.9 Å². The van der Waals surface area contributed by atoms with Crippen molar-refractivity contribution in [1.29, 1.82) is 0 Å². The molecule has 0 aliphatic carbocycles. The minimum Gasteiger partial charge on any atom is -0.241 e. The van der Waals surface area contributed by atoms with E-state index in [1.165, 1.54) is 15.2 Å². The van der Waals surface area contributed by atoms with Crippen LogP contribution < -0.4 is 0 Å². The van der Waals surface area contributed by atoms with Crippen molar-refractivity contribution in [2.45, 2.75) is 23.8 Å². The second-order valence-corrected chi connectivity index (χ2v) is 8.43. The van der Waals surface area contributed by atoms with Crippen molar-refractivity contribution in [2.24, 2.45) is 7.05 Å². The van der Waals surface area contributed by atoms with Gasteiger partial charge in [0, 0.05) is 37.8 Å². The Morgan fingerprint density at radius 2 is 1.81 bits per heavy atom. The minimum atomic E-state index is -3.58. The molecule has 0 atom stereocenters. The van der Waals surface area contributed by atoms with Gasteiger partial charge in [-0.25, -0.2) is 23.1 Å². The summed E-state index contributed by atoms with van der Waals surface area (Å²) in [5.41, 5.74) is 1.93. The highest BCUT2D eigenvalue weighted by atomic mass is 32.2. The van der Waals surface area contributed by atoms with Crippen LogP contribution in [0.25, 0.3) is 11.3 Å². The maximum atomic E-state index is 12.7. The highest BCUT2D eigenvalue weighted by Crippen LogP contribution is 2.29. The van der Waals surface area contributed by atoms with Crippen molar-refractivity contribution in [3.05, 3.63) is 54.6 Å². The van der Waals surface area contributed by atoms with Crippen molar-refractivity contribution in [3.63, 3.8) is 0 Å². The molecule has 1 saturated heterocycles. The highest BCUT2D eigenvalue weighted by Gasteiger charge is 2.33. The van der Waals surface area contributed by atoms with Crippen LogP contribution in [0.3, 0.4) is 0 Å². The van der Waals surface area contributed by atoms with E-state index in [1.54, 1.807) is 13.2 Å². The Balaban J connectivity index is 1.49. The van der Waals surface area contributed by atoms with Crippen LogP contribution in [0.1, 0.15) is 24.6 Å². The maximum Gasteiger partial charge on any atom is 0.261 e. The first kappa shape index (κ1) is 17.7. The molecule has 3 aromatic rings. The summed E-state index contributed by atoms with van der Waals surface area (Å²) in [6.45, 7) is 0.855. The van der Waals surface area contributed by atoms with Crippen LogP contribution in [0.2, 0.25) is 0 Å². The van der Waals surface area contributed by atoms with Crippen LogP contribution in [0, 0.1) is 0 Å². The third kappa shape index (κ3) is 3.47. The van der Waals surface area contributed by atoms with E-state index >= 15 is 0 Å². The standard InChI is InChI=1S/C18H20N6O2S/c1-23-17(13-20-22-23)27(25,26)24-11-8-15(9-12-24)18-19-10-7-16(21-18)14-5-3-2-4-6-14/h2-7,10,13,15H,8-9,11-12H2,1H3. The fraction of sp³-hybridized carbons (Fsp3) is 0.333.